The van der Waals surface area contributed by atoms with Crippen LogP contribution in [0.1, 0.15) is 49.7 Å². The van der Waals surface area contributed by atoms with Crippen molar-refractivity contribution in [2.75, 3.05) is 26.2 Å². The Morgan fingerprint density at radius 1 is 1.25 bits per heavy atom. The van der Waals surface area contributed by atoms with E-state index >= 15 is 0 Å². The van der Waals surface area contributed by atoms with Crippen molar-refractivity contribution in [2.24, 2.45) is 5.92 Å². The molecule has 0 radical (unpaired) electrons. The van der Waals surface area contributed by atoms with Crippen LogP contribution in [0.5, 0.6) is 0 Å². The van der Waals surface area contributed by atoms with Gasteiger partial charge in [-0.05, 0) is 68.3 Å². The highest BCUT2D eigenvalue weighted by Crippen LogP contribution is 2.40. The van der Waals surface area contributed by atoms with Crippen molar-refractivity contribution in [3.05, 3.63) is 35.4 Å². The third-order valence-corrected chi connectivity index (χ3v) is 4.59. The zero-order valence-corrected chi connectivity index (χ0v) is 12.8. The number of benzene rings is 1. The second-order valence-electron chi connectivity index (χ2n) is 6.76. The quantitative estimate of drug-likeness (QED) is 0.818. The molecule has 2 fully saturated rings. The Hall–Kier alpha value is -0.860. The molecule has 1 aliphatic heterocycles. The van der Waals surface area contributed by atoms with Gasteiger partial charge in [-0.3, -0.25) is 0 Å². The molecule has 110 valence electrons. The molecule has 0 aromatic heterocycles. The van der Waals surface area contributed by atoms with E-state index in [4.69, 9.17) is 0 Å². The maximum atomic E-state index is 3.64. The third kappa shape index (κ3) is 4.07. The topological polar surface area (TPSA) is 15.3 Å². The van der Waals surface area contributed by atoms with E-state index in [0.717, 1.165) is 24.9 Å². The molecule has 0 bridgehead atoms. The van der Waals surface area contributed by atoms with E-state index in [2.05, 4.69) is 41.4 Å². The van der Waals surface area contributed by atoms with Crippen LogP contribution < -0.4 is 5.32 Å². The number of nitrogens with one attached hydrogen (secondary N) is 1. The van der Waals surface area contributed by atoms with Crippen molar-refractivity contribution in [1.29, 1.82) is 0 Å². The minimum atomic E-state index is 0.750. The van der Waals surface area contributed by atoms with Gasteiger partial charge in [-0.2, -0.15) is 0 Å². The van der Waals surface area contributed by atoms with E-state index in [1.54, 1.807) is 5.56 Å². The summed E-state index contributed by atoms with van der Waals surface area (Å²) in [6.07, 6.45) is 5.58. The van der Waals surface area contributed by atoms with Gasteiger partial charge in [0.2, 0.25) is 0 Å². The lowest BCUT2D eigenvalue weighted by Gasteiger charge is -2.20. The van der Waals surface area contributed by atoms with Crippen LogP contribution in [0.4, 0.5) is 0 Å². The SMILES string of the molecule is CC(CNCc1cccc(C2CC2)c1)CN1CCCC1. The zero-order chi connectivity index (χ0) is 13.8. The van der Waals surface area contributed by atoms with Crippen LogP contribution in [0, 0.1) is 5.92 Å². The molecule has 1 saturated heterocycles. The van der Waals surface area contributed by atoms with E-state index in [1.165, 1.54) is 50.9 Å². The summed E-state index contributed by atoms with van der Waals surface area (Å²) in [4.78, 5) is 2.61. The summed E-state index contributed by atoms with van der Waals surface area (Å²) in [6, 6.07) is 9.16. The van der Waals surface area contributed by atoms with E-state index < -0.39 is 0 Å². The number of nitrogens with zero attached hydrogens (tertiary/aromatic N) is 1. The minimum Gasteiger partial charge on any atom is -0.312 e. The fourth-order valence-corrected chi connectivity index (χ4v) is 3.31. The Kier molecular flexibility index (Phi) is 4.74. The van der Waals surface area contributed by atoms with Crippen LogP contribution in [0.15, 0.2) is 24.3 Å². The highest BCUT2D eigenvalue weighted by molar-refractivity contribution is 5.29. The molecule has 1 heterocycles. The maximum absolute atomic E-state index is 3.64. The summed E-state index contributed by atoms with van der Waals surface area (Å²) in [7, 11) is 0. The average Bonchev–Trinajstić information content (AvgIpc) is 3.18. The van der Waals surface area contributed by atoms with Crippen molar-refractivity contribution >= 4 is 0 Å². The van der Waals surface area contributed by atoms with Crippen molar-refractivity contribution in [1.82, 2.24) is 10.2 Å². The molecule has 20 heavy (non-hydrogen) atoms. The molecule has 1 unspecified atom stereocenters. The smallest absolute Gasteiger partial charge is 0.0205 e. The van der Waals surface area contributed by atoms with Crippen LogP contribution in [-0.4, -0.2) is 31.1 Å². The van der Waals surface area contributed by atoms with Gasteiger partial charge in [0.05, 0.1) is 0 Å². The van der Waals surface area contributed by atoms with E-state index in [0.29, 0.717) is 0 Å². The van der Waals surface area contributed by atoms with Gasteiger partial charge < -0.3 is 10.2 Å². The average molecular weight is 272 g/mol. The van der Waals surface area contributed by atoms with Gasteiger partial charge in [0.25, 0.3) is 0 Å². The molecule has 1 N–H and O–H groups in total. The van der Waals surface area contributed by atoms with Crippen LogP contribution in [0.25, 0.3) is 0 Å². The van der Waals surface area contributed by atoms with Crippen LogP contribution >= 0.6 is 0 Å². The lowest BCUT2D eigenvalue weighted by Crippen LogP contribution is -2.31. The number of hydrogen-bond acceptors (Lipinski definition) is 2. The van der Waals surface area contributed by atoms with Gasteiger partial charge in [0.15, 0.2) is 0 Å². The first-order chi connectivity index (χ1) is 9.81. The monoisotopic (exact) mass is 272 g/mol. The molecule has 2 aliphatic rings. The van der Waals surface area contributed by atoms with Gasteiger partial charge in [0, 0.05) is 13.1 Å². The fraction of sp³-hybridized carbons (Fsp3) is 0.667. The highest BCUT2D eigenvalue weighted by atomic mass is 15.1. The molecule has 1 aromatic rings. The molecule has 0 amide bonds. The lowest BCUT2D eigenvalue weighted by atomic mass is 10.1. The summed E-state index contributed by atoms with van der Waals surface area (Å²) in [6.45, 7) is 8.40. The van der Waals surface area contributed by atoms with Gasteiger partial charge in [-0.25, -0.2) is 0 Å². The van der Waals surface area contributed by atoms with Crippen molar-refractivity contribution in [3.63, 3.8) is 0 Å². The van der Waals surface area contributed by atoms with Crippen molar-refractivity contribution in [3.8, 4) is 0 Å². The fourth-order valence-electron chi connectivity index (χ4n) is 3.31. The normalized spacial score (nSPS) is 21.2. The van der Waals surface area contributed by atoms with Crippen LogP contribution in [0.2, 0.25) is 0 Å². The van der Waals surface area contributed by atoms with E-state index in [-0.39, 0.29) is 0 Å². The molecule has 1 aliphatic carbocycles. The molecule has 1 saturated carbocycles. The summed E-state index contributed by atoms with van der Waals surface area (Å²) in [5.41, 5.74) is 3.00. The summed E-state index contributed by atoms with van der Waals surface area (Å²) < 4.78 is 0. The largest absolute Gasteiger partial charge is 0.312 e. The Balaban J connectivity index is 1.39. The number of rotatable bonds is 7. The molecule has 0 spiro atoms. The molecule has 2 heteroatoms. The Bertz CT molecular complexity index is 419. The molecule has 2 nitrogen and oxygen atoms in total. The lowest BCUT2D eigenvalue weighted by molar-refractivity contribution is 0.282. The Morgan fingerprint density at radius 2 is 2.05 bits per heavy atom. The standard InChI is InChI=1S/C18H28N2/c1-15(14-20-9-2-3-10-20)12-19-13-16-5-4-6-18(11-16)17-7-8-17/h4-6,11,15,17,19H,2-3,7-10,12-14H2,1H3. The van der Waals surface area contributed by atoms with Crippen molar-refractivity contribution < 1.29 is 0 Å². The van der Waals surface area contributed by atoms with Crippen LogP contribution in [0.3, 0.4) is 0 Å². The van der Waals surface area contributed by atoms with Gasteiger partial charge >= 0.3 is 0 Å². The molecular weight excluding hydrogens is 244 g/mol. The maximum Gasteiger partial charge on any atom is 0.0205 e. The second kappa shape index (κ2) is 6.73. The number of hydrogen-bond donors (Lipinski definition) is 1. The molecule has 1 aromatic carbocycles. The molecular formula is C18H28N2. The molecule has 1 atom stereocenters. The first-order valence-electron chi connectivity index (χ1n) is 8.33. The predicted molar refractivity (Wildman–Crippen MR) is 85.0 cm³/mol. The Labute approximate surface area is 123 Å². The molecule has 3 rings (SSSR count). The van der Waals surface area contributed by atoms with E-state index in [9.17, 15) is 0 Å². The third-order valence-electron chi connectivity index (χ3n) is 4.59. The number of likely N-dealkylation sites (tertiary alicyclic amines) is 1. The van der Waals surface area contributed by atoms with Crippen LogP contribution in [-0.2, 0) is 6.54 Å². The van der Waals surface area contributed by atoms with Gasteiger partial charge in [0.1, 0.15) is 0 Å². The first-order valence-corrected chi connectivity index (χ1v) is 8.33. The van der Waals surface area contributed by atoms with Gasteiger partial charge in [-0.1, -0.05) is 31.2 Å². The minimum absolute atomic E-state index is 0.750. The second-order valence-corrected chi connectivity index (χ2v) is 6.76. The Morgan fingerprint density at radius 3 is 2.80 bits per heavy atom. The van der Waals surface area contributed by atoms with E-state index in [1.807, 2.05) is 0 Å². The predicted octanol–water partition coefficient (Wildman–Crippen LogP) is 3.39. The highest BCUT2D eigenvalue weighted by Gasteiger charge is 2.23. The summed E-state index contributed by atoms with van der Waals surface area (Å²) in [5, 5.41) is 3.64. The van der Waals surface area contributed by atoms with Crippen molar-refractivity contribution in [2.45, 2.75) is 45.1 Å². The van der Waals surface area contributed by atoms with Gasteiger partial charge in [-0.15, -0.1) is 0 Å². The summed E-state index contributed by atoms with van der Waals surface area (Å²) >= 11 is 0. The summed E-state index contributed by atoms with van der Waals surface area (Å²) in [5.74, 6) is 1.61. The first kappa shape index (κ1) is 14.1. The zero-order valence-electron chi connectivity index (χ0n) is 12.8.